The highest BCUT2D eigenvalue weighted by atomic mass is 16.2. The number of nitrogens with one attached hydrogen (secondary N) is 3. The Hall–Kier alpha value is -3.34. The van der Waals surface area contributed by atoms with Gasteiger partial charge in [0.2, 0.25) is 0 Å². The zero-order valence-corrected chi connectivity index (χ0v) is 18.7. The summed E-state index contributed by atoms with van der Waals surface area (Å²) in [5.41, 5.74) is 6.20. The van der Waals surface area contributed by atoms with Crippen LogP contribution >= 0.6 is 0 Å². The van der Waals surface area contributed by atoms with Gasteiger partial charge in [-0.2, -0.15) is 0 Å². The second-order valence-electron chi connectivity index (χ2n) is 8.86. The Morgan fingerprint density at radius 3 is 2.32 bits per heavy atom. The van der Waals surface area contributed by atoms with Crippen LogP contribution in [0.5, 0.6) is 0 Å². The largest absolute Gasteiger partial charge is 0.355 e. The molecule has 0 unspecified atom stereocenters. The van der Waals surface area contributed by atoms with Gasteiger partial charge in [0.25, 0.3) is 5.91 Å². The lowest BCUT2D eigenvalue weighted by Gasteiger charge is -2.18. The summed E-state index contributed by atoms with van der Waals surface area (Å²) in [6, 6.07) is 15.6. The predicted molar refractivity (Wildman–Crippen MR) is 125 cm³/mol. The molecule has 0 atom stereocenters. The number of hydrogen-bond donors (Lipinski definition) is 3. The third kappa shape index (κ3) is 6.32. The molecule has 1 aliphatic carbocycles. The van der Waals surface area contributed by atoms with E-state index in [0.29, 0.717) is 12.1 Å². The molecule has 5 heteroatoms. The zero-order valence-electron chi connectivity index (χ0n) is 18.7. The molecule has 0 saturated carbocycles. The maximum atomic E-state index is 12.2. The molecule has 0 bridgehead atoms. The van der Waals surface area contributed by atoms with Gasteiger partial charge in [-0.25, -0.2) is 4.79 Å². The van der Waals surface area contributed by atoms with E-state index in [9.17, 15) is 9.59 Å². The van der Waals surface area contributed by atoms with Crippen LogP contribution in [0.1, 0.15) is 54.2 Å². The summed E-state index contributed by atoms with van der Waals surface area (Å²) in [5.74, 6) is -0.0830. The van der Waals surface area contributed by atoms with Crippen molar-refractivity contribution in [2.75, 3.05) is 7.05 Å². The van der Waals surface area contributed by atoms with Crippen LogP contribution in [0.2, 0.25) is 0 Å². The molecule has 2 aromatic rings. The van der Waals surface area contributed by atoms with Gasteiger partial charge in [-0.3, -0.25) is 4.79 Å². The van der Waals surface area contributed by atoms with Gasteiger partial charge in [-0.1, -0.05) is 63.2 Å². The first-order valence-corrected chi connectivity index (χ1v) is 10.6. The first-order chi connectivity index (χ1) is 14.7. The topological polar surface area (TPSA) is 70.2 Å². The molecule has 0 saturated heterocycles. The van der Waals surface area contributed by atoms with Gasteiger partial charge in [0.15, 0.2) is 0 Å². The summed E-state index contributed by atoms with van der Waals surface area (Å²) >= 11 is 0. The molecule has 2 aromatic carbocycles. The van der Waals surface area contributed by atoms with Gasteiger partial charge in [0.1, 0.15) is 0 Å². The van der Waals surface area contributed by atoms with Crippen molar-refractivity contribution in [3.8, 4) is 0 Å². The zero-order chi connectivity index (χ0) is 22.4. The van der Waals surface area contributed by atoms with Crippen molar-refractivity contribution in [3.05, 3.63) is 94.2 Å². The molecular weight excluding hydrogens is 386 g/mol. The summed E-state index contributed by atoms with van der Waals surface area (Å²) in [7, 11) is 1.63. The average Bonchev–Trinajstić information content (AvgIpc) is 3.22. The number of hydrogen-bond acceptors (Lipinski definition) is 2. The highest BCUT2D eigenvalue weighted by molar-refractivity contribution is 5.94. The molecule has 5 nitrogen and oxygen atoms in total. The van der Waals surface area contributed by atoms with E-state index in [1.54, 1.807) is 7.05 Å². The van der Waals surface area contributed by atoms with Gasteiger partial charge in [0.05, 0.1) is 0 Å². The smallest absolute Gasteiger partial charge is 0.319 e. The van der Waals surface area contributed by atoms with Crippen LogP contribution in [0.15, 0.2) is 72.0 Å². The maximum Gasteiger partial charge on any atom is 0.319 e. The standard InChI is InChI=1S/C26H31N3O2/c1-26(2,3)22-12-13-23(16-22)29-25(31)28-17-19-10-8-18(9-11-19)14-20-6-5-7-21(15-20)24(30)27-4/h5-12,15-16H,13-14,17H2,1-4H3,(H,27,30)(H2,28,29,31). The molecule has 3 N–H and O–H groups in total. The molecule has 0 aromatic heterocycles. The van der Waals surface area contributed by atoms with Crippen LogP contribution in [0.25, 0.3) is 0 Å². The molecule has 3 rings (SSSR count). The third-order valence-corrected chi connectivity index (χ3v) is 5.31. The molecule has 3 amide bonds. The summed E-state index contributed by atoms with van der Waals surface area (Å²) in [6.07, 6.45) is 5.73. The SMILES string of the molecule is CNC(=O)c1cccc(Cc2ccc(CNC(=O)NC3=CC(C(C)(C)C)=CC3)cc2)c1. The number of rotatable bonds is 6. The van der Waals surface area contributed by atoms with Crippen molar-refractivity contribution >= 4 is 11.9 Å². The Labute approximate surface area is 184 Å². The number of carbonyl (C=O) groups excluding carboxylic acids is 2. The minimum absolute atomic E-state index is 0.0830. The maximum absolute atomic E-state index is 12.2. The fourth-order valence-electron chi connectivity index (χ4n) is 3.49. The van der Waals surface area contributed by atoms with E-state index in [0.717, 1.165) is 35.2 Å². The van der Waals surface area contributed by atoms with E-state index in [1.165, 1.54) is 5.57 Å². The fourth-order valence-corrected chi connectivity index (χ4v) is 3.49. The second-order valence-corrected chi connectivity index (χ2v) is 8.86. The minimum atomic E-state index is -0.190. The first kappa shape index (κ1) is 22.3. The number of allylic oxidation sites excluding steroid dienone is 3. The Morgan fingerprint density at radius 1 is 0.968 bits per heavy atom. The number of carbonyl (C=O) groups is 2. The summed E-state index contributed by atoms with van der Waals surface area (Å²) in [5, 5.41) is 8.51. The summed E-state index contributed by atoms with van der Waals surface area (Å²) in [6.45, 7) is 6.97. The van der Waals surface area contributed by atoms with Crippen molar-refractivity contribution in [3.63, 3.8) is 0 Å². The van der Waals surface area contributed by atoms with Crippen LogP contribution in [0.3, 0.4) is 0 Å². The van der Waals surface area contributed by atoms with E-state index in [2.05, 4.69) is 61.0 Å². The van der Waals surface area contributed by atoms with Gasteiger partial charge in [-0.15, -0.1) is 0 Å². The van der Waals surface area contributed by atoms with Crippen molar-refractivity contribution in [1.29, 1.82) is 0 Å². The molecule has 0 radical (unpaired) electrons. The van der Waals surface area contributed by atoms with Crippen LogP contribution < -0.4 is 16.0 Å². The van der Waals surface area contributed by atoms with Crippen LogP contribution in [0, 0.1) is 5.41 Å². The van der Waals surface area contributed by atoms with Gasteiger partial charge in [-0.05, 0) is 52.3 Å². The number of amides is 3. The lowest BCUT2D eigenvalue weighted by atomic mass is 9.87. The second kappa shape index (κ2) is 9.65. The highest BCUT2D eigenvalue weighted by Crippen LogP contribution is 2.31. The lowest BCUT2D eigenvalue weighted by Crippen LogP contribution is -2.34. The monoisotopic (exact) mass is 417 g/mol. The number of benzene rings is 2. The van der Waals surface area contributed by atoms with E-state index < -0.39 is 0 Å². The summed E-state index contributed by atoms with van der Waals surface area (Å²) in [4.78, 5) is 24.0. The first-order valence-electron chi connectivity index (χ1n) is 10.6. The van der Waals surface area contributed by atoms with Gasteiger partial charge in [0, 0.05) is 31.3 Å². The third-order valence-electron chi connectivity index (χ3n) is 5.31. The molecule has 0 spiro atoms. The van der Waals surface area contributed by atoms with Crippen molar-refractivity contribution in [2.24, 2.45) is 5.41 Å². The highest BCUT2D eigenvalue weighted by Gasteiger charge is 2.19. The van der Waals surface area contributed by atoms with E-state index >= 15 is 0 Å². The Balaban J connectivity index is 1.50. The normalized spacial score (nSPS) is 13.3. The number of urea groups is 1. The van der Waals surface area contributed by atoms with Crippen LogP contribution in [-0.4, -0.2) is 19.0 Å². The fraction of sp³-hybridized carbons (Fsp3) is 0.308. The van der Waals surface area contributed by atoms with Crippen molar-refractivity contribution in [1.82, 2.24) is 16.0 Å². The molecular formula is C26H31N3O2. The van der Waals surface area contributed by atoms with E-state index in [-0.39, 0.29) is 17.4 Å². The minimum Gasteiger partial charge on any atom is -0.355 e. The lowest BCUT2D eigenvalue weighted by molar-refractivity contribution is 0.0963. The predicted octanol–water partition coefficient (Wildman–Crippen LogP) is 4.70. The average molecular weight is 418 g/mol. The molecule has 0 aliphatic heterocycles. The van der Waals surface area contributed by atoms with E-state index in [4.69, 9.17) is 0 Å². The van der Waals surface area contributed by atoms with Crippen LogP contribution in [-0.2, 0) is 13.0 Å². The molecule has 0 heterocycles. The van der Waals surface area contributed by atoms with E-state index in [1.807, 2.05) is 36.4 Å². The Bertz CT molecular complexity index is 1010. The van der Waals surface area contributed by atoms with Crippen molar-refractivity contribution < 1.29 is 9.59 Å². The molecule has 31 heavy (non-hydrogen) atoms. The molecule has 1 aliphatic rings. The van der Waals surface area contributed by atoms with Gasteiger partial charge >= 0.3 is 6.03 Å². The van der Waals surface area contributed by atoms with Gasteiger partial charge < -0.3 is 16.0 Å². The summed E-state index contributed by atoms with van der Waals surface area (Å²) < 4.78 is 0. The van der Waals surface area contributed by atoms with Crippen molar-refractivity contribution in [2.45, 2.75) is 40.2 Å². The Kier molecular flexibility index (Phi) is 6.95. The Morgan fingerprint density at radius 2 is 1.68 bits per heavy atom. The quantitative estimate of drug-likeness (QED) is 0.638. The molecule has 162 valence electrons. The molecule has 0 fully saturated rings. The van der Waals surface area contributed by atoms with Crippen LogP contribution in [0.4, 0.5) is 4.79 Å².